The molecule has 25 heavy (non-hydrogen) atoms. The highest BCUT2D eigenvalue weighted by Gasteiger charge is 2.26. The number of nitrogens with one attached hydrogen (secondary N) is 1. The van der Waals surface area contributed by atoms with Gasteiger partial charge in [0, 0.05) is 30.7 Å². The van der Waals surface area contributed by atoms with Crippen LogP contribution in [0, 0.1) is 6.92 Å². The van der Waals surface area contributed by atoms with Crippen LogP contribution in [0.3, 0.4) is 0 Å². The Kier molecular flexibility index (Phi) is 5.12. The van der Waals surface area contributed by atoms with Gasteiger partial charge in [-0.2, -0.15) is 4.31 Å². The van der Waals surface area contributed by atoms with Crippen LogP contribution in [0.25, 0.3) is 0 Å². The van der Waals surface area contributed by atoms with E-state index in [0.717, 1.165) is 5.69 Å². The maximum absolute atomic E-state index is 12.7. The molecular weight excluding hydrogens is 342 g/mol. The van der Waals surface area contributed by atoms with Crippen LogP contribution >= 0.6 is 0 Å². The van der Waals surface area contributed by atoms with Gasteiger partial charge in [0.25, 0.3) is 5.91 Å². The number of ether oxygens (including phenoxy) is 1. The topological polar surface area (TPSA) is 88.6 Å². The van der Waals surface area contributed by atoms with E-state index < -0.39 is 10.0 Å². The first-order valence-corrected chi connectivity index (χ1v) is 9.33. The number of morpholine rings is 1. The Bertz CT molecular complexity index is 860. The Labute approximate surface area is 146 Å². The number of anilines is 1. The van der Waals surface area contributed by atoms with Crippen molar-refractivity contribution in [3.05, 3.63) is 53.9 Å². The number of hydrogen-bond acceptors (Lipinski definition) is 5. The average Bonchev–Trinajstić information content (AvgIpc) is 2.63. The van der Waals surface area contributed by atoms with Crippen LogP contribution in [0.2, 0.25) is 0 Å². The summed E-state index contributed by atoms with van der Waals surface area (Å²) in [5.41, 5.74) is 1.64. The second-order valence-electron chi connectivity index (χ2n) is 5.69. The predicted molar refractivity (Wildman–Crippen MR) is 92.9 cm³/mol. The van der Waals surface area contributed by atoms with Crippen LogP contribution in [0.5, 0.6) is 0 Å². The second kappa shape index (κ2) is 7.30. The summed E-state index contributed by atoms with van der Waals surface area (Å²) < 4.78 is 31.9. The van der Waals surface area contributed by atoms with E-state index in [-0.39, 0.29) is 10.8 Å². The van der Waals surface area contributed by atoms with E-state index in [1.807, 2.05) is 6.92 Å². The molecule has 0 saturated carbocycles. The standard InChI is InChI=1S/C17H19N3O4S/c1-13-5-6-14(12-18-13)17(21)19-15-3-2-4-16(11-15)25(22,23)20-7-9-24-10-8-20/h2-6,11-12H,7-10H2,1H3,(H,19,21). The van der Waals surface area contributed by atoms with Crippen LogP contribution in [0.4, 0.5) is 5.69 Å². The number of nitrogens with zero attached hydrogens (tertiary/aromatic N) is 2. The number of aromatic nitrogens is 1. The van der Waals surface area contributed by atoms with E-state index in [1.54, 1.807) is 24.3 Å². The summed E-state index contributed by atoms with van der Waals surface area (Å²) in [4.78, 5) is 16.5. The van der Waals surface area contributed by atoms with Crippen molar-refractivity contribution < 1.29 is 17.9 Å². The molecule has 0 atom stereocenters. The predicted octanol–water partition coefficient (Wildman–Crippen LogP) is 1.66. The smallest absolute Gasteiger partial charge is 0.257 e. The maximum Gasteiger partial charge on any atom is 0.257 e. The molecule has 1 amide bonds. The Morgan fingerprint density at radius 3 is 2.64 bits per heavy atom. The first-order chi connectivity index (χ1) is 12.0. The molecule has 2 aromatic rings. The van der Waals surface area contributed by atoms with Crippen LogP contribution in [0.1, 0.15) is 16.1 Å². The first-order valence-electron chi connectivity index (χ1n) is 7.89. The highest BCUT2D eigenvalue weighted by molar-refractivity contribution is 7.89. The molecule has 2 heterocycles. The molecule has 1 aliphatic rings. The summed E-state index contributed by atoms with van der Waals surface area (Å²) in [6.45, 7) is 3.26. The van der Waals surface area contributed by atoms with Gasteiger partial charge in [0.05, 0.1) is 23.7 Å². The molecule has 1 fully saturated rings. The fraction of sp³-hybridized carbons (Fsp3) is 0.294. The zero-order valence-corrected chi connectivity index (χ0v) is 14.6. The van der Waals surface area contributed by atoms with Crippen LogP contribution in [-0.4, -0.2) is 49.9 Å². The van der Waals surface area contributed by atoms with Crippen molar-refractivity contribution in [2.75, 3.05) is 31.6 Å². The zero-order valence-electron chi connectivity index (χ0n) is 13.8. The minimum absolute atomic E-state index is 0.147. The number of aryl methyl sites for hydroxylation is 1. The van der Waals surface area contributed by atoms with Crippen molar-refractivity contribution in [1.82, 2.24) is 9.29 Å². The van der Waals surface area contributed by atoms with Crippen LogP contribution < -0.4 is 5.32 Å². The Hall–Kier alpha value is -2.29. The van der Waals surface area contributed by atoms with Crippen LogP contribution in [0.15, 0.2) is 47.5 Å². The molecule has 1 saturated heterocycles. The fourth-order valence-electron chi connectivity index (χ4n) is 2.48. The van der Waals surface area contributed by atoms with Crippen molar-refractivity contribution in [2.45, 2.75) is 11.8 Å². The lowest BCUT2D eigenvalue weighted by atomic mass is 10.2. The van der Waals surface area contributed by atoms with Gasteiger partial charge in [-0.05, 0) is 37.3 Å². The summed E-state index contributed by atoms with van der Waals surface area (Å²) >= 11 is 0. The van der Waals surface area contributed by atoms with E-state index in [1.165, 1.54) is 22.6 Å². The molecule has 0 radical (unpaired) electrons. The molecule has 0 aliphatic carbocycles. The number of sulfonamides is 1. The number of amides is 1. The van der Waals surface area contributed by atoms with Gasteiger partial charge >= 0.3 is 0 Å². The Morgan fingerprint density at radius 1 is 1.20 bits per heavy atom. The number of benzene rings is 1. The molecule has 1 aromatic carbocycles. The van der Waals surface area contributed by atoms with Gasteiger partial charge in [-0.25, -0.2) is 8.42 Å². The lowest BCUT2D eigenvalue weighted by molar-refractivity contribution is 0.0730. The maximum atomic E-state index is 12.7. The van der Waals surface area contributed by atoms with Crippen molar-refractivity contribution in [1.29, 1.82) is 0 Å². The van der Waals surface area contributed by atoms with Crippen molar-refractivity contribution >= 4 is 21.6 Å². The molecule has 0 unspecified atom stereocenters. The largest absolute Gasteiger partial charge is 0.379 e. The third-order valence-corrected chi connectivity index (χ3v) is 5.77. The lowest BCUT2D eigenvalue weighted by Gasteiger charge is -2.26. The molecule has 0 spiro atoms. The third-order valence-electron chi connectivity index (χ3n) is 3.87. The number of carbonyl (C=O) groups is 1. The first kappa shape index (κ1) is 17.5. The van der Waals surface area contributed by atoms with Gasteiger partial charge in [-0.15, -0.1) is 0 Å². The third kappa shape index (κ3) is 4.04. The van der Waals surface area contributed by atoms with Crippen LogP contribution in [-0.2, 0) is 14.8 Å². The second-order valence-corrected chi connectivity index (χ2v) is 7.62. The summed E-state index contributed by atoms with van der Waals surface area (Å²) in [5, 5.41) is 2.71. The molecule has 3 rings (SSSR count). The van der Waals surface area contributed by atoms with Gasteiger partial charge in [0.1, 0.15) is 0 Å². The van der Waals surface area contributed by atoms with Crippen molar-refractivity contribution in [2.24, 2.45) is 0 Å². The Balaban J connectivity index is 1.79. The van der Waals surface area contributed by atoms with Crippen molar-refractivity contribution in [3.8, 4) is 0 Å². The highest BCUT2D eigenvalue weighted by atomic mass is 32.2. The number of rotatable bonds is 4. The van der Waals surface area contributed by atoms with Gasteiger partial charge in [-0.3, -0.25) is 9.78 Å². The minimum Gasteiger partial charge on any atom is -0.379 e. The molecule has 1 aliphatic heterocycles. The summed E-state index contributed by atoms with van der Waals surface area (Å²) in [7, 11) is -3.60. The number of pyridine rings is 1. The van der Waals surface area contributed by atoms with E-state index in [4.69, 9.17) is 4.74 Å². The van der Waals surface area contributed by atoms with E-state index in [0.29, 0.717) is 37.6 Å². The average molecular weight is 361 g/mol. The lowest BCUT2D eigenvalue weighted by Crippen LogP contribution is -2.40. The SMILES string of the molecule is Cc1ccc(C(=O)Nc2cccc(S(=O)(=O)N3CCOCC3)c2)cn1. The highest BCUT2D eigenvalue weighted by Crippen LogP contribution is 2.21. The zero-order chi connectivity index (χ0) is 17.9. The number of hydrogen-bond donors (Lipinski definition) is 1. The summed E-state index contributed by atoms with van der Waals surface area (Å²) in [6.07, 6.45) is 1.49. The molecule has 7 nitrogen and oxygen atoms in total. The molecule has 1 aromatic heterocycles. The van der Waals surface area contributed by atoms with E-state index in [2.05, 4.69) is 10.3 Å². The van der Waals surface area contributed by atoms with E-state index in [9.17, 15) is 13.2 Å². The monoisotopic (exact) mass is 361 g/mol. The molecule has 132 valence electrons. The fourth-order valence-corrected chi connectivity index (χ4v) is 3.93. The van der Waals surface area contributed by atoms with Gasteiger partial charge in [-0.1, -0.05) is 6.07 Å². The summed E-state index contributed by atoms with van der Waals surface area (Å²) in [6, 6.07) is 9.66. The quantitative estimate of drug-likeness (QED) is 0.895. The van der Waals surface area contributed by atoms with Gasteiger partial charge < -0.3 is 10.1 Å². The molecule has 8 heteroatoms. The number of carbonyl (C=O) groups excluding carboxylic acids is 1. The summed E-state index contributed by atoms with van der Waals surface area (Å²) in [5.74, 6) is -0.339. The minimum atomic E-state index is -3.60. The van der Waals surface area contributed by atoms with Gasteiger partial charge in [0.2, 0.25) is 10.0 Å². The molecule has 0 bridgehead atoms. The Morgan fingerprint density at radius 2 is 1.96 bits per heavy atom. The van der Waals surface area contributed by atoms with Gasteiger partial charge in [0.15, 0.2) is 0 Å². The molecular formula is C17H19N3O4S. The van der Waals surface area contributed by atoms with Crippen molar-refractivity contribution in [3.63, 3.8) is 0 Å². The molecule has 1 N–H and O–H groups in total. The van der Waals surface area contributed by atoms with E-state index >= 15 is 0 Å². The normalized spacial score (nSPS) is 15.7.